The summed E-state index contributed by atoms with van der Waals surface area (Å²) in [5.41, 5.74) is 0. The van der Waals surface area contributed by atoms with Gasteiger partial charge in [0.2, 0.25) is 11.0 Å². The van der Waals surface area contributed by atoms with Gasteiger partial charge in [-0.25, -0.2) is 4.98 Å². The third-order valence-corrected chi connectivity index (χ3v) is 4.87. The number of rotatable bonds is 3. The Labute approximate surface area is 147 Å². The number of carbonyl (C=O) groups is 1. The zero-order valence-electron chi connectivity index (χ0n) is 12.7. The van der Waals surface area contributed by atoms with Gasteiger partial charge in [0.1, 0.15) is 5.82 Å². The van der Waals surface area contributed by atoms with Crippen molar-refractivity contribution in [1.82, 2.24) is 19.6 Å². The topological polar surface area (TPSA) is 61.4 Å². The molecule has 9 heteroatoms. The highest BCUT2D eigenvalue weighted by molar-refractivity contribution is 7.09. The summed E-state index contributed by atoms with van der Waals surface area (Å²) in [4.78, 5) is 20.9. The van der Waals surface area contributed by atoms with Crippen LogP contribution in [0, 0.1) is 6.92 Å². The lowest BCUT2D eigenvalue weighted by molar-refractivity contribution is -0.131. The van der Waals surface area contributed by atoms with Gasteiger partial charge in [0.25, 0.3) is 0 Å². The van der Waals surface area contributed by atoms with E-state index in [1.807, 2.05) is 11.8 Å². The highest BCUT2D eigenvalue weighted by Gasteiger charge is 2.25. The molecule has 1 atom stereocenters. The SMILES string of the molecule is Cc1nsc(N2CCN(C(=O)CC3CCCN3)CC2)n1.Cl.Cl. The Hall–Kier alpha value is -0.630. The summed E-state index contributed by atoms with van der Waals surface area (Å²) in [5, 5.41) is 4.37. The van der Waals surface area contributed by atoms with Crippen LogP contribution in [0.25, 0.3) is 0 Å². The van der Waals surface area contributed by atoms with Crippen molar-refractivity contribution in [2.45, 2.75) is 32.2 Å². The minimum absolute atomic E-state index is 0. The molecular formula is C13H23Cl2N5OS. The van der Waals surface area contributed by atoms with Gasteiger partial charge in [-0.2, -0.15) is 4.37 Å². The van der Waals surface area contributed by atoms with E-state index in [9.17, 15) is 4.79 Å². The monoisotopic (exact) mass is 367 g/mol. The molecule has 1 N–H and O–H groups in total. The molecule has 0 saturated carbocycles. The number of carbonyl (C=O) groups excluding carboxylic acids is 1. The van der Waals surface area contributed by atoms with E-state index in [0.717, 1.165) is 50.1 Å². The summed E-state index contributed by atoms with van der Waals surface area (Å²) in [5.74, 6) is 1.12. The van der Waals surface area contributed by atoms with Crippen molar-refractivity contribution in [1.29, 1.82) is 0 Å². The molecule has 0 spiro atoms. The average molecular weight is 368 g/mol. The molecule has 3 heterocycles. The molecule has 6 nitrogen and oxygen atoms in total. The van der Waals surface area contributed by atoms with Crippen molar-refractivity contribution in [2.24, 2.45) is 0 Å². The lowest BCUT2D eigenvalue weighted by Gasteiger charge is -2.34. The van der Waals surface area contributed by atoms with Gasteiger partial charge in [0.05, 0.1) is 0 Å². The van der Waals surface area contributed by atoms with Crippen molar-refractivity contribution in [3.05, 3.63) is 5.82 Å². The summed E-state index contributed by atoms with van der Waals surface area (Å²) in [6.07, 6.45) is 2.98. The number of hydrogen-bond donors (Lipinski definition) is 1. The molecule has 0 aliphatic carbocycles. The largest absolute Gasteiger partial charge is 0.343 e. The van der Waals surface area contributed by atoms with Gasteiger partial charge >= 0.3 is 0 Å². The highest BCUT2D eigenvalue weighted by atomic mass is 35.5. The van der Waals surface area contributed by atoms with Crippen LogP contribution in [-0.2, 0) is 4.79 Å². The Balaban J connectivity index is 0.00000121. The third-order valence-electron chi connectivity index (χ3n) is 4.00. The van der Waals surface area contributed by atoms with Crippen LogP contribution in [0.15, 0.2) is 0 Å². The standard InChI is InChI=1S/C13H21N5OS.2ClH/c1-10-15-13(20-16-10)18-7-5-17(6-8-18)12(19)9-11-3-2-4-14-11;;/h11,14H,2-9H2,1H3;2*1H. The second-order valence-electron chi connectivity index (χ2n) is 5.49. The molecule has 2 aliphatic rings. The Morgan fingerprint density at radius 2 is 2.05 bits per heavy atom. The molecule has 1 unspecified atom stereocenters. The lowest BCUT2D eigenvalue weighted by Crippen LogP contribution is -2.49. The zero-order valence-corrected chi connectivity index (χ0v) is 15.1. The summed E-state index contributed by atoms with van der Waals surface area (Å²) < 4.78 is 4.21. The first-order chi connectivity index (χ1) is 9.72. The van der Waals surface area contributed by atoms with Crippen molar-refractivity contribution in [3.63, 3.8) is 0 Å². The van der Waals surface area contributed by atoms with Crippen LogP contribution in [0.2, 0.25) is 0 Å². The number of nitrogens with one attached hydrogen (secondary N) is 1. The summed E-state index contributed by atoms with van der Waals surface area (Å²) >= 11 is 1.44. The van der Waals surface area contributed by atoms with Gasteiger partial charge in [-0.3, -0.25) is 4.79 Å². The fourth-order valence-electron chi connectivity index (χ4n) is 2.83. The quantitative estimate of drug-likeness (QED) is 0.876. The Bertz CT molecular complexity index is 473. The number of piperazine rings is 1. The molecule has 3 rings (SSSR count). The first-order valence-corrected chi connectivity index (χ1v) is 8.06. The molecule has 22 heavy (non-hydrogen) atoms. The van der Waals surface area contributed by atoms with E-state index in [4.69, 9.17) is 0 Å². The number of hydrogen-bond acceptors (Lipinski definition) is 6. The Morgan fingerprint density at radius 3 is 2.59 bits per heavy atom. The first kappa shape index (κ1) is 19.4. The molecular weight excluding hydrogens is 345 g/mol. The first-order valence-electron chi connectivity index (χ1n) is 7.29. The van der Waals surface area contributed by atoms with Gasteiger partial charge in [-0.05, 0) is 26.3 Å². The van der Waals surface area contributed by atoms with E-state index in [0.29, 0.717) is 12.5 Å². The fourth-order valence-corrected chi connectivity index (χ4v) is 3.56. The van der Waals surface area contributed by atoms with Crippen molar-refractivity contribution in [3.8, 4) is 0 Å². The minimum atomic E-state index is 0. The second kappa shape index (κ2) is 8.86. The molecule has 2 fully saturated rings. The number of anilines is 1. The molecule has 0 aromatic carbocycles. The third kappa shape index (κ3) is 4.68. The van der Waals surface area contributed by atoms with Gasteiger partial charge in [0.15, 0.2) is 0 Å². The van der Waals surface area contributed by atoms with E-state index in [1.165, 1.54) is 18.0 Å². The minimum Gasteiger partial charge on any atom is -0.343 e. The maximum Gasteiger partial charge on any atom is 0.224 e. The molecule has 2 saturated heterocycles. The molecule has 2 aliphatic heterocycles. The van der Waals surface area contributed by atoms with Gasteiger partial charge in [0, 0.05) is 50.2 Å². The number of amides is 1. The lowest BCUT2D eigenvalue weighted by atomic mass is 10.1. The van der Waals surface area contributed by atoms with Crippen LogP contribution in [0.4, 0.5) is 5.13 Å². The van der Waals surface area contributed by atoms with Crippen LogP contribution in [0.1, 0.15) is 25.1 Å². The van der Waals surface area contributed by atoms with Gasteiger partial charge in [-0.15, -0.1) is 24.8 Å². The maximum absolute atomic E-state index is 12.2. The molecule has 0 radical (unpaired) electrons. The Morgan fingerprint density at radius 1 is 1.32 bits per heavy atom. The zero-order chi connectivity index (χ0) is 13.9. The van der Waals surface area contributed by atoms with Crippen molar-refractivity contribution in [2.75, 3.05) is 37.6 Å². The number of nitrogens with zero attached hydrogens (tertiary/aromatic N) is 4. The molecule has 1 amide bonds. The molecule has 1 aromatic heterocycles. The van der Waals surface area contributed by atoms with Crippen LogP contribution >= 0.6 is 36.3 Å². The highest BCUT2D eigenvalue weighted by Crippen LogP contribution is 2.19. The van der Waals surface area contributed by atoms with Gasteiger partial charge in [-0.1, -0.05) is 0 Å². The van der Waals surface area contributed by atoms with Crippen molar-refractivity contribution >= 4 is 47.4 Å². The van der Waals surface area contributed by atoms with E-state index in [1.54, 1.807) is 0 Å². The predicted octanol–water partition coefficient (Wildman–Crippen LogP) is 1.48. The van der Waals surface area contributed by atoms with Crippen LogP contribution in [0.3, 0.4) is 0 Å². The average Bonchev–Trinajstić information content (AvgIpc) is 3.10. The van der Waals surface area contributed by atoms with E-state index >= 15 is 0 Å². The van der Waals surface area contributed by atoms with Crippen LogP contribution < -0.4 is 10.2 Å². The Kier molecular flexibility index (Phi) is 7.82. The number of aromatic nitrogens is 2. The predicted molar refractivity (Wildman–Crippen MR) is 93.6 cm³/mol. The second-order valence-corrected chi connectivity index (χ2v) is 6.22. The molecule has 126 valence electrons. The normalized spacial score (nSPS) is 21.2. The van der Waals surface area contributed by atoms with E-state index < -0.39 is 0 Å². The summed E-state index contributed by atoms with van der Waals surface area (Å²) in [6.45, 7) is 6.28. The molecule has 1 aromatic rings. The summed E-state index contributed by atoms with van der Waals surface area (Å²) in [7, 11) is 0. The maximum atomic E-state index is 12.2. The van der Waals surface area contributed by atoms with Gasteiger partial charge < -0.3 is 15.1 Å². The van der Waals surface area contributed by atoms with Crippen LogP contribution in [-0.4, -0.2) is 58.9 Å². The smallest absolute Gasteiger partial charge is 0.224 e. The number of halogens is 2. The van der Waals surface area contributed by atoms with E-state index in [-0.39, 0.29) is 30.7 Å². The van der Waals surface area contributed by atoms with Crippen LogP contribution in [0.5, 0.6) is 0 Å². The molecule has 0 bridgehead atoms. The number of aryl methyl sites for hydroxylation is 1. The fraction of sp³-hybridized carbons (Fsp3) is 0.769. The summed E-state index contributed by atoms with van der Waals surface area (Å²) in [6, 6.07) is 0.395. The van der Waals surface area contributed by atoms with E-state index in [2.05, 4.69) is 19.6 Å². The van der Waals surface area contributed by atoms with Crippen molar-refractivity contribution < 1.29 is 4.79 Å².